The number of carbonyl (C=O) groups excluding carboxylic acids is 3. The monoisotopic (exact) mass is 683 g/mol. The van der Waals surface area contributed by atoms with E-state index in [1.807, 2.05) is 12.1 Å². The molecule has 0 spiro atoms. The summed E-state index contributed by atoms with van der Waals surface area (Å²) in [6.45, 7) is 0.579. The lowest BCUT2D eigenvalue weighted by Gasteiger charge is -2.34. The van der Waals surface area contributed by atoms with Crippen LogP contribution in [0.25, 0.3) is 10.9 Å². The number of aromatic nitrogens is 1. The maximum atomic E-state index is 13.1. The van der Waals surface area contributed by atoms with Crippen molar-refractivity contribution < 1.29 is 42.9 Å². The Hall–Kier alpha value is -4.68. The number of hydrogen-bond donors (Lipinski definition) is 3. The van der Waals surface area contributed by atoms with Crippen LogP contribution in [0.2, 0.25) is 0 Å². The molecule has 0 unspecified atom stereocenters. The molecule has 1 aliphatic rings. The molecule has 258 valence electrons. The Labute approximate surface area is 277 Å². The van der Waals surface area contributed by atoms with Gasteiger partial charge < -0.3 is 30.2 Å². The largest absolute Gasteiger partial charge is 0.549 e. The number of fused-ring (bicyclic) bond motifs is 1. The third kappa shape index (κ3) is 11.2. The smallest absolute Gasteiger partial charge is 0.317 e. The van der Waals surface area contributed by atoms with Gasteiger partial charge in [0.25, 0.3) is 10.0 Å². The number of nitrogens with zero attached hydrogens (tertiary/aromatic N) is 5. The van der Waals surface area contributed by atoms with E-state index in [2.05, 4.69) is 15.0 Å². The first-order chi connectivity index (χ1) is 22.9. The molecule has 1 saturated heterocycles. The van der Waals surface area contributed by atoms with Gasteiger partial charge in [0, 0.05) is 82.7 Å². The summed E-state index contributed by atoms with van der Waals surface area (Å²) >= 11 is 0. The standard InChI is InChI=1S/C31H39N7O9S/c39-27(33-24-6-8-25(9-7-24)48(46,47)34-26-5-1-3-23-4-2-10-32-31(23)26)19-35-11-13-36(20-28(40)41)15-17-38(22-30(44)45)18-16-37(14-12-35)21-29(42)43/h1-10,34H,11-22H2,(H,33,39)(H,40,41)(H,42,43)(H,44,45)/p-2. The van der Waals surface area contributed by atoms with Crippen LogP contribution in [-0.2, 0) is 29.2 Å². The number of amides is 1. The van der Waals surface area contributed by atoms with Crippen LogP contribution in [0.4, 0.5) is 11.4 Å². The number of anilines is 2. The molecule has 0 bridgehead atoms. The average Bonchev–Trinajstić information content (AvgIpc) is 3.02. The molecule has 1 aliphatic heterocycles. The Morgan fingerprint density at radius 1 is 0.708 bits per heavy atom. The van der Waals surface area contributed by atoms with Gasteiger partial charge in [-0.25, -0.2) is 8.42 Å². The van der Waals surface area contributed by atoms with E-state index >= 15 is 0 Å². The first kappa shape index (κ1) is 36.2. The summed E-state index contributed by atoms with van der Waals surface area (Å²) in [6.07, 6.45) is 1.57. The molecule has 48 heavy (non-hydrogen) atoms. The minimum absolute atomic E-state index is 0.0267. The van der Waals surface area contributed by atoms with Gasteiger partial charge in [-0.1, -0.05) is 18.2 Å². The Balaban J connectivity index is 1.41. The Morgan fingerprint density at radius 3 is 1.73 bits per heavy atom. The second kappa shape index (κ2) is 16.9. The molecule has 1 fully saturated rings. The molecule has 16 nitrogen and oxygen atoms in total. The summed E-state index contributed by atoms with van der Waals surface area (Å²) in [5.74, 6) is -4.09. The molecule has 0 saturated carbocycles. The quantitative estimate of drug-likeness (QED) is 0.184. The Kier molecular flexibility index (Phi) is 12.8. The molecule has 1 amide bonds. The number of carboxylic acid groups (broad SMARTS) is 3. The van der Waals surface area contributed by atoms with Crippen molar-refractivity contribution in [3.05, 3.63) is 60.8 Å². The van der Waals surface area contributed by atoms with Gasteiger partial charge in [0.05, 0.1) is 41.1 Å². The summed E-state index contributed by atoms with van der Waals surface area (Å²) < 4.78 is 28.8. The van der Waals surface area contributed by atoms with Gasteiger partial charge in [-0.3, -0.25) is 38.9 Å². The van der Waals surface area contributed by atoms with Crippen LogP contribution < -0.4 is 20.3 Å². The highest BCUT2D eigenvalue weighted by atomic mass is 32.2. The summed E-state index contributed by atoms with van der Waals surface area (Å²) in [5, 5.41) is 35.5. The molecular formula is C31H37N7O9S-2. The second-order valence-electron chi connectivity index (χ2n) is 11.3. The van der Waals surface area contributed by atoms with E-state index in [1.54, 1.807) is 44.0 Å². The van der Waals surface area contributed by atoms with Crippen LogP contribution >= 0.6 is 0 Å². The summed E-state index contributed by atoms with van der Waals surface area (Å²) in [5.41, 5.74) is 1.17. The van der Waals surface area contributed by atoms with Gasteiger partial charge in [-0.05, 0) is 36.4 Å². The number of carbonyl (C=O) groups is 4. The number of rotatable bonds is 12. The zero-order valence-electron chi connectivity index (χ0n) is 26.1. The molecule has 2 aromatic carbocycles. The summed E-state index contributed by atoms with van der Waals surface area (Å²) in [4.78, 5) is 58.0. The molecule has 2 heterocycles. The number of sulfonamides is 1. The maximum absolute atomic E-state index is 13.1. The third-order valence-electron chi connectivity index (χ3n) is 7.69. The van der Waals surface area contributed by atoms with Crippen molar-refractivity contribution in [3.8, 4) is 0 Å². The maximum Gasteiger partial charge on any atom is 0.317 e. The van der Waals surface area contributed by atoms with Crippen molar-refractivity contribution in [2.24, 2.45) is 0 Å². The van der Waals surface area contributed by atoms with Gasteiger partial charge in [0.1, 0.15) is 0 Å². The molecule has 0 aliphatic carbocycles. The topological polar surface area (TPSA) is 219 Å². The SMILES string of the molecule is O=C([O-])CN1CCN(CC(=O)[O-])CCN(CC(=O)Nc2ccc(S(=O)(=O)Nc3cccc4cccnc34)cc2)CCN(CC(=O)O)CC1. The van der Waals surface area contributed by atoms with Gasteiger partial charge >= 0.3 is 5.97 Å². The van der Waals surface area contributed by atoms with E-state index in [4.69, 9.17) is 0 Å². The highest BCUT2D eigenvalue weighted by Crippen LogP contribution is 2.24. The number of carboxylic acids is 3. The van der Waals surface area contributed by atoms with Gasteiger partial charge in [0.15, 0.2) is 0 Å². The lowest BCUT2D eigenvalue weighted by atomic mass is 10.2. The predicted octanol–water partition coefficient (Wildman–Crippen LogP) is -2.22. The van der Waals surface area contributed by atoms with E-state index in [0.29, 0.717) is 16.9 Å². The third-order valence-corrected chi connectivity index (χ3v) is 9.07. The highest BCUT2D eigenvalue weighted by Gasteiger charge is 2.20. The van der Waals surface area contributed by atoms with E-state index < -0.39 is 46.9 Å². The number of hydrogen-bond acceptors (Lipinski definition) is 13. The lowest BCUT2D eigenvalue weighted by Crippen LogP contribution is -2.51. The fourth-order valence-corrected chi connectivity index (χ4v) is 6.35. The minimum Gasteiger partial charge on any atom is -0.549 e. The molecule has 3 aromatic rings. The Bertz CT molecular complexity index is 1670. The number of para-hydroxylation sites is 1. The van der Waals surface area contributed by atoms with Gasteiger partial charge in [-0.2, -0.15) is 0 Å². The highest BCUT2D eigenvalue weighted by molar-refractivity contribution is 7.92. The van der Waals surface area contributed by atoms with Crippen molar-refractivity contribution >= 4 is 56.1 Å². The first-order valence-corrected chi connectivity index (χ1v) is 16.6. The van der Waals surface area contributed by atoms with E-state index in [9.17, 15) is 42.9 Å². The van der Waals surface area contributed by atoms with E-state index in [-0.39, 0.29) is 70.3 Å². The number of benzene rings is 2. The van der Waals surface area contributed by atoms with Crippen LogP contribution in [0.1, 0.15) is 0 Å². The van der Waals surface area contributed by atoms with Crippen LogP contribution in [0, 0.1) is 0 Å². The fourth-order valence-electron chi connectivity index (χ4n) is 5.28. The van der Waals surface area contributed by atoms with E-state index in [1.165, 1.54) is 24.3 Å². The van der Waals surface area contributed by atoms with Crippen LogP contribution in [0.15, 0.2) is 65.7 Å². The number of pyridine rings is 1. The zero-order chi connectivity index (χ0) is 34.7. The predicted molar refractivity (Wildman–Crippen MR) is 171 cm³/mol. The van der Waals surface area contributed by atoms with Crippen molar-refractivity contribution in [2.75, 3.05) is 88.6 Å². The van der Waals surface area contributed by atoms with Crippen LogP contribution in [0.3, 0.4) is 0 Å². The van der Waals surface area contributed by atoms with Crippen molar-refractivity contribution in [3.63, 3.8) is 0 Å². The molecule has 4 rings (SSSR count). The molecular weight excluding hydrogens is 646 g/mol. The normalized spacial score (nSPS) is 16.4. The Morgan fingerprint density at radius 2 is 1.21 bits per heavy atom. The van der Waals surface area contributed by atoms with Gasteiger partial charge in [-0.15, -0.1) is 0 Å². The number of aliphatic carboxylic acids is 3. The van der Waals surface area contributed by atoms with Crippen LogP contribution in [-0.4, -0.2) is 140 Å². The number of nitrogens with one attached hydrogen (secondary N) is 2. The van der Waals surface area contributed by atoms with Crippen molar-refractivity contribution in [1.29, 1.82) is 0 Å². The minimum atomic E-state index is -3.97. The molecule has 0 radical (unpaired) electrons. The lowest BCUT2D eigenvalue weighted by molar-refractivity contribution is -0.308. The zero-order valence-corrected chi connectivity index (χ0v) is 26.9. The molecule has 0 atom stereocenters. The summed E-state index contributed by atoms with van der Waals surface area (Å²) in [7, 11) is -3.97. The van der Waals surface area contributed by atoms with Crippen molar-refractivity contribution in [1.82, 2.24) is 24.6 Å². The van der Waals surface area contributed by atoms with Crippen LogP contribution in [0.5, 0.6) is 0 Å². The van der Waals surface area contributed by atoms with Crippen molar-refractivity contribution in [2.45, 2.75) is 4.90 Å². The summed E-state index contributed by atoms with van der Waals surface area (Å²) in [6, 6.07) is 14.4. The molecule has 3 N–H and O–H groups in total. The fraction of sp³-hybridized carbons (Fsp3) is 0.387. The van der Waals surface area contributed by atoms with E-state index in [0.717, 1.165) is 5.39 Å². The molecule has 1 aromatic heterocycles. The first-order valence-electron chi connectivity index (χ1n) is 15.2. The molecule has 17 heteroatoms. The van der Waals surface area contributed by atoms with Gasteiger partial charge in [0.2, 0.25) is 5.91 Å². The average molecular weight is 684 g/mol. The second-order valence-corrected chi connectivity index (χ2v) is 13.0.